The third kappa shape index (κ3) is 7.66. The van der Waals surface area contributed by atoms with Crippen molar-refractivity contribution in [2.45, 2.75) is 78.6 Å². The molecule has 3 rings (SSSR count). The standard InChI is InChI=1S/C26H36F3N5O3S/c1-15-9-7-8-10-34(15)23(36)19-20(38-22(33-19)21(35)32-14-25(5,6)37)16-12-30-18(31-13-24(2,3)4)11-17(16)26(27,28)29/h11-12,15,37H,7-10,13-14H2,1-6H3,(H,30,31)(H,32,35). The van der Waals surface area contributed by atoms with E-state index in [9.17, 15) is 27.9 Å². The summed E-state index contributed by atoms with van der Waals surface area (Å²) in [5.41, 5.74) is -2.89. The molecule has 2 aromatic rings. The second kappa shape index (κ2) is 11.2. The summed E-state index contributed by atoms with van der Waals surface area (Å²) >= 11 is 0.706. The predicted molar refractivity (Wildman–Crippen MR) is 141 cm³/mol. The van der Waals surface area contributed by atoms with Gasteiger partial charge in [-0.2, -0.15) is 13.2 Å². The van der Waals surface area contributed by atoms with Crippen molar-refractivity contribution in [1.29, 1.82) is 0 Å². The van der Waals surface area contributed by atoms with E-state index >= 15 is 0 Å². The van der Waals surface area contributed by atoms with Crippen LogP contribution in [0.5, 0.6) is 0 Å². The molecule has 2 aromatic heterocycles. The van der Waals surface area contributed by atoms with Gasteiger partial charge in [0.15, 0.2) is 5.01 Å². The van der Waals surface area contributed by atoms with Crippen LogP contribution in [-0.2, 0) is 6.18 Å². The normalized spacial score (nSPS) is 16.9. The molecule has 1 fully saturated rings. The summed E-state index contributed by atoms with van der Waals surface area (Å²) in [5, 5.41) is 15.3. The Bertz CT molecular complexity index is 1170. The first-order chi connectivity index (χ1) is 17.5. The number of pyridine rings is 1. The van der Waals surface area contributed by atoms with E-state index in [2.05, 4.69) is 20.6 Å². The lowest BCUT2D eigenvalue weighted by Crippen LogP contribution is -2.42. The van der Waals surface area contributed by atoms with Crippen LogP contribution in [0.1, 0.15) is 86.7 Å². The number of carbonyl (C=O) groups excluding carboxylic acids is 2. The number of halogens is 3. The van der Waals surface area contributed by atoms with Gasteiger partial charge in [-0.3, -0.25) is 9.59 Å². The molecule has 1 aliphatic heterocycles. The van der Waals surface area contributed by atoms with Crippen LogP contribution in [0.15, 0.2) is 12.3 Å². The van der Waals surface area contributed by atoms with Gasteiger partial charge < -0.3 is 20.6 Å². The van der Waals surface area contributed by atoms with Crippen molar-refractivity contribution >= 4 is 29.0 Å². The third-order valence-corrected chi connectivity index (χ3v) is 7.11. The zero-order valence-electron chi connectivity index (χ0n) is 22.6. The van der Waals surface area contributed by atoms with Gasteiger partial charge in [0.05, 0.1) is 16.0 Å². The largest absolute Gasteiger partial charge is 0.417 e. The maximum Gasteiger partial charge on any atom is 0.417 e. The van der Waals surface area contributed by atoms with Gasteiger partial charge in [-0.15, -0.1) is 11.3 Å². The van der Waals surface area contributed by atoms with Gasteiger partial charge in [-0.1, -0.05) is 20.8 Å². The predicted octanol–water partition coefficient (Wildman–Crippen LogP) is 5.20. The maximum absolute atomic E-state index is 14.3. The third-order valence-electron chi connectivity index (χ3n) is 6.02. The molecule has 0 aromatic carbocycles. The molecule has 0 saturated carbocycles. The smallest absolute Gasteiger partial charge is 0.389 e. The molecule has 1 unspecified atom stereocenters. The summed E-state index contributed by atoms with van der Waals surface area (Å²) < 4.78 is 42.8. The molecule has 1 saturated heterocycles. The summed E-state index contributed by atoms with van der Waals surface area (Å²) in [6.07, 6.45) is -1.17. The number of hydrogen-bond acceptors (Lipinski definition) is 7. The number of amides is 2. The number of likely N-dealkylation sites (tertiary alicyclic amines) is 1. The zero-order chi connectivity index (χ0) is 28.5. The minimum atomic E-state index is -4.75. The zero-order valence-corrected chi connectivity index (χ0v) is 23.4. The van der Waals surface area contributed by atoms with E-state index in [1.54, 1.807) is 4.90 Å². The summed E-state index contributed by atoms with van der Waals surface area (Å²) in [6.45, 7) is 11.5. The number of piperidine rings is 1. The average molecular weight is 556 g/mol. The van der Waals surface area contributed by atoms with Gasteiger partial charge in [-0.05, 0) is 51.5 Å². The second-order valence-corrected chi connectivity index (χ2v) is 12.6. The highest BCUT2D eigenvalue weighted by molar-refractivity contribution is 7.17. The van der Waals surface area contributed by atoms with Crippen LogP contribution in [0.4, 0.5) is 19.0 Å². The lowest BCUT2D eigenvalue weighted by atomic mass is 9.97. The van der Waals surface area contributed by atoms with Crippen molar-refractivity contribution in [2.75, 3.05) is 25.0 Å². The average Bonchev–Trinajstić information content (AvgIpc) is 3.25. The number of thiazole rings is 1. The Hall–Kier alpha value is -2.73. The van der Waals surface area contributed by atoms with Crippen molar-refractivity contribution in [3.05, 3.63) is 28.5 Å². The molecule has 210 valence electrons. The summed E-state index contributed by atoms with van der Waals surface area (Å²) in [7, 11) is 0. The number of carbonyl (C=O) groups is 2. The molecule has 1 aliphatic rings. The number of anilines is 1. The van der Waals surface area contributed by atoms with E-state index in [1.165, 1.54) is 13.8 Å². The van der Waals surface area contributed by atoms with Crippen LogP contribution >= 0.6 is 11.3 Å². The Morgan fingerprint density at radius 1 is 1.16 bits per heavy atom. The molecule has 2 amide bonds. The molecule has 3 heterocycles. The Labute approximate surface area is 225 Å². The van der Waals surface area contributed by atoms with Crippen molar-refractivity contribution in [3.63, 3.8) is 0 Å². The monoisotopic (exact) mass is 555 g/mol. The summed E-state index contributed by atoms with van der Waals surface area (Å²) in [6, 6.07) is 0.814. The Kier molecular flexibility index (Phi) is 8.77. The highest BCUT2D eigenvalue weighted by Gasteiger charge is 2.38. The minimum absolute atomic E-state index is 0.0567. The molecular weight excluding hydrogens is 519 g/mol. The number of hydrogen-bond donors (Lipinski definition) is 3. The van der Waals surface area contributed by atoms with E-state index in [1.807, 2.05) is 27.7 Å². The first-order valence-electron chi connectivity index (χ1n) is 12.6. The van der Waals surface area contributed by atoms with Crippen LogP contribution < -0.4 is 10.6 Å². The molecule has 0 spiro atoms. The second-order valence-electron chi connectivity index (χ2n) is 11.6. The molecule has 12 heteroatoms. The molecule has 8 nitrogen and oxygen atoms in total. The Morgan fingerprint density at radius 2 is 1.84 bits per heavy atom. The fourth-order valence-corrected chi connectivity index (χ4v) is 4.97. The van der Waals surface area contributed by atoms with Crippen molar-refractivity contribution in [2.24, 2.45) is 5.41 Å². The number of nitrogens with one attached hydrogen (secondary N) is 2. The fraction of sp³-hybridized carbons (Fsp3) is 0.615. The van der Waals surface area contributed by atoms with Crippen molar-refractivity contribution in [1.82, 2.24) is 20.2 Å². The van der Waals surface area contributed by atoms with E-state index < -0.39 is 29.2 Å². The van der Waals surface area contributed by atoms with Crippen molar-refractivity contribution < 1.29 is 27.9 Å². The van der Waals surface area contributed by atoms with Crippen LogP contribution in [0.2, 0.25) is 0 Å². The SMILES string of the molecule is CC1CCCCN1C(=O)c1nc(C(=O)NCC(C)(C)O)sc1-c1cnc(NCC(C)(C)C)cc1C(F)(F)F. The molecule has 38 heavy (non-hydrogen) atoms. The highest BCUT2D eigenvalue weighted by Crippen LogP contribution is 2.42. The van der Waals surface area contributed by atoms with Gasteiger partial charge >= 0.3 is 6.18 Å². The number of aliphatic hydroxyl groups is 1. The molecule has 0 aliphatic carbocycles. The fourth-order valence-electron chi connectivity index (χ4n) is 3.98. The Balaban J connectivity index is 2.11. The first-order valence-corrected chi connectivity index (χ1v) is 13.4. The molecule has 3 N–H and O–H groups in total. The van der Waals surface area contributed by atoms with Gasteiger partial charge in [0.25, 0.3) is 11.8 Å². The lowest BCUT2D eigenvalue weighted by Gasteiger charge is -2.33. The molecule has 0 bridgehead atoms. The minimum Gasteiger partial charge on any atom is -0.389 e. The number of alkyl halides is 3. The number of nitrogens with zero attached hydrogens (tertiary/aromatic N) is 3. The summed E-state index contributed by atoms with van der Waals surface area (Å²) in [5.74, 6) is -1.15. The van der Waals surface area contributed by atoms with Crippen LogP contribution in [0.3, 0.4) is 0 Å². The van der Waals surface area contributed by atoms with E-state index in [-0.39, 0.29) is 45.0 Å². The lowest BCUT2D eigenvalue weighted by molar-refractivity contribution is -0.137. The van der Waals surface area contributed by atoms with Crippen LogP contribution in [0, 0.1) is 5.41 Å². The van der Waals surface area contributed by atoms with Crippen LogP contribution in [-0.4, -0.2) is 63.1 Å². The van der Waals surface area contributed by atoms with E-state index in [0.29, 0.717) is 24.4 Å². The quantitative estimate of drug-likeness (QED) is 0.434. The first kappa shape index (κ1) is 29.8. The van der Waals surface area contributed by atoms with Gasteiger partial charge in [-0.25, -0.2) is 9.97 Å². The number of rotatable bonds is 7. The summed E-state index contributed by atoms with van der Waals surface area (Å²) in [4.78, 5) is 36.4. The van der Waals surface area contributed by atoms with Gasteiger partial charge in [0.1, 0.15) is 11.5 Å². The maximum atomic E-state index is 14.3. The van der Waals surface area contributed by atoms with E-state index in [0.717, 1.165) is 31.5 Å². The van der Waals surface area contributed by atoms with Gasteiger partial charge in [0.2, 0.25) is 0 Å². The molecule has 1 atom stereocenters. The van der Waals surface area contributed by atoms with Gasteiger partial charge in [0, 0.05) is 37.4 Å². The highest BCUT2D eigenvalue weighted by atomic mass is 32.1. The molecule has 0 radical (unpaired) electrons. The number of aromatic nitrogens is 2. The topological polar surface area (TPSA) is 107 Å². The van der Waals surface area contributed by atoms with E-state index in [4.69, 9.17) is 0 Å². The van der Waals surface area contributed by atoms with Crippen LogP contribution in [0.25, 0.3) is 10.4 Å². The molecular formula is C26H36F3N5O3S. The van der Waals surface area contributed by atoms with Crippen molar-refractivity contribution in [3.8, 4) is 10.4 Å². The Morgan fingerprint density at radius 3 is 2.42 bits per heavy atom.